The van der Waals surface area contributed by atoms with Gasteiger partial charge in [0.25, 0.3) is 5.69 Å². The molecule has 0 aliphatic rings. The van der Waals surface area contributed by atoms with Gasteiger partial charge < -0.3 is 4.74 Å². The minimum absolute atomic E-state index is 0.0171. The van der Waals surface area contributed by atoms with Crippen LogP contribution in [0.2, 0.25) is 5.15 Å². The minimum Gasteiger partial charge on any atom is -0.438 e. The van der Waals surface area contributed by atoms with Gasteiger partial charge in [-0.05, 0) is 32.4 Å². The molecule has 1 aromatic carbocycles. The summed E-state index contributed by atoms with van der Waals surface area (Å²) in [5, 5.41) is 11.0. The first kappa shape index (κ1) is 14.2. The van der Waals surface area contributed by atoms with Crippen molar-refractivity contribution in [1.29, 1.82) is 0 Å². The van der Waals surface area contributed by atoms with Crippen LogP contribution < -0.4 is 4.74 Å². The summed E-state index contributed by atoms with van der Waals surface area (Å²) in [6.45, 7) is 5.19. The summed E-state index contributed by atoms with van der Waals surface area (Å²) in [5.41, 5.74) is 1.28. The molecule has 0 spiro atoms. The average Bonchev–Trinajstić information content (AvgIpc) is 2.37. The molecule has 0 radical (unpaired) electrons. The standard InChI is InChI=1S/C13H12ClN3O3/c1-7-6-10(17(18)19)4-5-11(7)20-13-8(2)12(14)15-9(3)16-13/h4-6H,1-3H3. The summed E-state index contributed by atoms with van der Waals surface area (Å²) in [6, 6.07) is 4.37. The van der Waals surface area contributed by atoms with Crippen LogP contribution in [-0.2, 0) is 0 Å². The molecule has 7 heteroatoms. The zero-order chi connectivity index (χ0) is 14.9. The van der Waals surface area contributed by atoms with E-state index >= 15 is 0 Å². The number of hydrogen-bond donors (Lipinski definition) is 0. The number of benzene rings is 1. The Morgan fingerprint density at radius 1 is 1.25 bits per heavy atom. The Kier molecular flexibility index (Phi) is 3.85. The van der Waals surface area contributed by atoms with E-state index in [0.29, 0.717) is 33.7 Å². The van der Waals surface area contributed by atoms with Crippen molar-refractivity contribution in [2.75, 3.05) is 0 Å². The molecule has 2 rings (SSSR count). The Hall–Kier alpha value is -2.21. The molecule has 2 aromatic rings. The molecule has 104 valence electrons. The summed E-state index contributed by atoms with van der Waals surface area (Å²) in [4.78, 5) is 18.4. The van der Waals surface area contributed by atoms with Crippen molar-refractivity contribution in [3.05, 3.63) is 50.4 Å². The first-order valence-electron chi connectivity index (χ1n) is 5.82. The number of nitro benzene ring substituents is 1. The number of aryl methyl sites for hydroxylation is 2. The second kappa shape index (κ2) is 5.42. The maximum Gasteiger partial charge on any atom is 0.269 e. The number of non-ortho nitro benzene ring substituents is 1. The van der Waals surface area contributed by atoms with Gasteiger partial charge in [0.2, 0.25) is 5.88 Å². The number of halogens is 1. The van der Waals surface area contributed by atoms with Crippen molar-refractivity contribution in [2.45, 2.75) is 20.8 Å². The van der Waals surface area contributed by atoms with Crippen LogP contribution in [0.4, 0.5) is 5.69 Å². The minimum atomic E-state index is -0.451. The van der Waals surface area contributed by atoms with E-state index in [1.807, 2.05) is 0 Å². The van der Waals surface area contributed by atoms with E-state index in [2.05, 4.69) is 9.97 Å². The van der Waals surface area contributed by atoms with Crippen LogP contribution >= 0.6 is 11.6 Å². The predicted octanol–water partition coefficient (Wildman–Crippen LogP) is 3.76. The van der Waals surface area contributed by atoms with Crippen molar-refractivity contribution < 1.29 is 9.66 Å². The van der Waals surface area contributed by atoms with E-state index in [9.17, 15) is 10.1 Å². The van der Waals surface area contributed by atoms with Gasteiger partial charge in [0, 0.05) is 17.7 Å². The second-order valence-corrected chi connectivity index (χ2v) is 4.66. The highest BCUT2D eigenvalue weighted by atomic mass is 35.5. The molecule has 0 bridgehead atoms. The Balaban J connectivity index is 2.38. The summed E-state index contributed by atoms with van der Waals surface area (Å²) in [6.07, 6.45) is 0. The number of aromatic nitrogens is 2. The van der Waals surface area contributed by atoms with E-state index in [0.717, 1.165) is 0 Å². The zero-order valence-corrected chi connectivity index (χ0v) is 11.9. The molecule has 0 saturated carbocycles. The summed E-state index contributed by atoms with van der Waals surface area (Å²) in [7, 11) is 0. The third-order valence-electron chi connectivity index (χ3n) is 2.73. The van der Waals surface area contributed by atoms with Gasteiger partial charge in [-0.25, -0.2) is 4.98 Å². The number of rotatable bonds is 3. The first-order chi connectivity index (χ1) is 9.38. The number of nitrogens with zero attached hydrogens (tertiary/aromatic N) is 3. The van der Waals surface area contributed by atoms with Crippen LogP contribution in [0.15, 0.2) is 18.2 Å². The van der Waals surface area contributed by atoms with Gasteiger partial charge in [0.1, 0.15) is 16.7 Å². The molecule has 1 aromatic heterocycles. The Bertz CT molecular complexity index is 689. The van der Waals surface area contributed by atoms with E-state index in [1.54, 1.807) is 20.8 Å². The van der Waals surface area contributed by atoms with Gasteiger partial charge in [-0.15, -0.1) is 0 Å². The highest BCUT2D eigenvalue weighted by Gasteiger charge is 2.13. The lowest BCUT2D eigenvalue weighted by molar-refractivity contribution is -0.384. The molecule has 6 nitrogen and oxygen atoms in total. The molecular formula is C13H12ClN3O3. The lowest BCUT2D eigenvalue weighted by Crippen LogP contribution is -1.99. The lowest BCUT2D eigenvalue weighted by atomic mass is 10.2. The van der Waals surface area contributed by atoms with Crippen LogP contribution in [-0.4, -0.2) is 14.9 Å². The molecule has 20 heavy (non-hydrogen) atoms. The number of nitro groups is 1. The highest BCUT2D eigenvalue weighted by Crippen LogP contribution is 2.30. The van der Waals surface area contributed by atoms with Gasteiger partial charge in [0.15, 0.2) is 0 Å². The van der Waals surface area contributed by atoms with Crippen LogP contribution in [0.5, 0.6) is 11.6 Å². The number of ether oxygens (including phenoxy) is 1. The van der Waals surface area contributed by atoms with Crippen LogP contribution in [0.3, 0.4) is 0 Å². The topological polar surface area (TPSA) is 78.2 Å². The number of hydrogen-bond acceptors (Lipinski definition) is 5. The fourth-order valence-corrected chi connectivity index (χ4v) is 1.84. The van der Waals surface area contributed by atoms with E-state index in [1.165, 1.54) is 18.2 Å². The molecule has 0 saturated heterocycles. The average molecular weight is 294 g/mol. The normalized spacial score (nSPS) is 10.4. The van der Waals surface area contributed by atoms with Crippen molar-refractivity contribution in [3.63, 3.8) is 0 Å². The first-order valence-corrected chi connectivity index (χ1v) is 6.20. The second-order valence-electron chi connectivity index (χ2n) is 4.30. The molecular weight excluding hydrogens is 282 g/mol. The lowest BCUT2D eigenvalue weighted by Gasteiger charge is -2.11. The van der Waals surface area contributed by atoms with Gasteiger partial charge in [-0.1, -0.05) is 11.6 Å². The summed E-state index contributed by atoms with van der Waals surface area (Å²) >= 11 is 5.97. The molecule has 0 N–H and O–H groups in total. The third kappa shape index (κ3) is 2.85. The third-order valence-corrected chi connectivity index (χ3v) is 3.10. The fourth-order valence-electron chi connectivity index (χ4n) is 1.64. The fraction of sp³-hybridized carbons (Fsp3) is 0.231. The Morgan fingerprint density at radius 2 is 1.95 bits per heavy atom. The SMILES string of the molecule is Cc1nc(Cl)c(C)c(Oc2ccc([N+](=O)[O-])cc2C)n1. The zero-order valence-electron chi connectivity index (χ0n) is 11.2. The van der Waals surface area contributed by atoms with Crippen LogP contribution in [0.25, 0.3) is 0 Å². The Labute approximate surface area is 120 Å². The molecule has 0 aliphatic heterocycles. The molecule has 0 amide bonds. The largest absolute Gasteiger partial charge is 0.438 e. The Morgan fingerprint density at radius 3 is 2.55 bits per heavy atom. The molecule has 0 atom stereocenters. The maximum atomic E-state index is 10.7. The van der Waals surface area contributed by atoms with Gasteiger partial charge in [-0.3, -0.25) is 10.1 Å². The van der Waals surface area contributed by atoms with Crippen molar-refractivity contribution in [1.82, 2.24) is 9.97 Å². The van der Waals surface area contributed by atoms with Crippen molar-refractivity contribution in [2.24, 2.45) is 0 Å². The molecule has 0 aliphatic carbocycles. The van der Waals surface area contributed by atoms with Gasteiger partial charge in [-0.2, -0.15) is 4.98 Å². The quantitative estimate of drug-likeness (QED) is 0.489. The molecule has 0 fully saturated rings. The van der Waals surface area contributed by atoms with Gasteiger partial charge >= 0.3 is 0 Å². The predicted molar refractivity (Wildman–Crippen MR) is 74.4 cm³/mol. The van der Waals surface area contributed by atoms with Crippen molar-refractivity contribution >= 4 is 17.3 Å². The summed E-state index contributed by atoms with van der Waals surface area (Å²) in [5.74, 6) is 1.34. The highest BCUT2D eigenvalue weighted by molar-refractivity contribution is 6.30. The van der Waals surface area contributed by atoms with E-state index in [-0.39, 0.29) is 5.69 Å². The van der Waals surface area contributed by atoms with Gasteiger partial charge in [0.05, 0.1) is 4.92 Å². The molecule has 0 unspecified atom stereocenters. The van der Waals surface area contributed by atoms with Crippen molar-refractivity contribution in [3.8, 4) is 11.6 Å². The smallest absolute Gasteiger partial charge is 0.269 e. The van der Waals surface area contributed by atoms with E-state index < -0.39 is 4.92 Å². The van der Waals surface area contributed by atoms with E-state index in [4.69, 9.17) is 16.3 Å². The van der Waals surface area contributed by atoms with Crippen LogP contribution in [0, 0.1) is 30.9 Å². The maximum absolute atomic E-state index is 10.7. The monoisotopic (exact) mass is 293 g/mol. The molecule has 1 heterocycles. The summed E-state index contributed by atoms with van der Waals surface area (Å²) < 4.78 is 5.68. The van der Waals surface area contributed by atoms with Crippen LogP contribution in [0.1, 0.15) is 17.0 Å².